The van der Waals surface area contributed by atoms with Crippen molar-refractivity contribution in [3.63, 3.8) is 0 Å². The molecule has 0 unspecified atom stereocenters. The first-order valence-corrected chi connectivity index (χ1v) is 4.74. The molecule has 0 amide bonds. The smallest absolute Gasteiger partial charge is 0.214 e. The van der Waals surface area contributed by atoms with E-state index in [2.05, 4.69) is 24.3 Å². The van der Waals surface area contributed by atoms with Crippen LogP contribution < -0.4 is 5.19 Å². The molecule has 0 radical (unpaired) electrons. The Morgan fingerprint density at radius 1 is 0.917 bits per heavy atom. The van der Waals surface area contributed by atoms with Gasteiger partial charge in [0.25, 0.3) is 0 Å². The second-order valence-electron chi connectivity index (χ2n) is 2.42. The third kappa shape index (κ3) is 5.13. The monoisotopic (exact) mass is 216 g/mol. The maximum absolute atomic E-state index is 2.15. The van der Waals surface area contributed by atoms with Gasteiger partial charge in [-0.25, -0.2) is 24.3 Å². The van der Waals surface area contributed by atoms with Gasteiger partial charge in [-0.3, -0.25) is 0 Å². The normalized spacial score (nSPS) is 8.00. The Balaban J connectivity index is 0.000000189. The third-order valence-electron chi connectivity index (χ3n) is 1.38. The minimum atomic E-state index is 0. The largest absolute Gasteiger partial charge is 2.00 e. The molecule has 0 saturated heterocycles. The summed E-state index contributed by atoms with van der Waals surface area (Å²) in [5.74, 6) is 0. The number of rotatable bonds is 0. The summed E-state index contributed by atoms with van der Waals surface area (Å²) in [5.41, 5.74) is 0. The number of hydrogen-bond acceptors (Lipinski definition) is 0. The molecule has 2 heteroatoms. The molecule has 0 heterocycles. The first-order valence-electron chi connectivity index (χ1n) is 3.74. The summed E-state index contributed by atoms with van der Waals surface area (Å²) in [4.78, 5) is 0. The van der Waals surface area contributed by atoms with Crippen molar-refractivity contribution < 1.29 is 17.1 Å². The average molecular weight is 216 g/mol. The van der Waals surface area contributed by atoms with E-state index in [9.17, 15) is 0 Å². The van der Waals surface area contributed by atoms with Gasteiger partial charge in [0.05, 0.1) is 0 Å². The second kappa shape index (κ2) is 7.11. The SMILES string of the molecule is [Fe+2].[SiH3][c-]1cccc1.c1cc[cH-]c1. The van der Waals surface area contributed by atoms with Crippen molar-refractivity contribution in [2.75, 3.05) is 0 Å². The fraction of sp³-hybridized carbons (Fsp3) is 0. The van der Waals surface area contributed by atoms with Crippen molar-refractivity contribution >= 4 is 15.4 Å². The van der Waals surface area contributed by atoms with Crippen LogP contribution in [0, 0.1) is 0 Å². The molecule has 0 aliphatic rings. The van der Waals surface area contributed by atoms with Crippen LogP contribution >= 0.6 is 0 Å². The first-order chi connectivity index (χ1) is 5.39. The minimum absolute atomic E-state index is 0. The van der Waals surface area contributed by atoms with E-state index in [1.807, 2.05) is 30.3 Å². The van der Waals surface area contributed by atoms with Crippen LogP contribution in [0.25, 0.3) is 0 Å². The van der Waals surface area contributed by atoms with Gasteiger partial charge < -0.3 is 0 Å². The van der Waals surface area contributed by atoms with Crippen molar-refractivity contribution in [3.8, 4) is 0 Å². The minimum Gasteiger partial charge on any atom is -0.214 e. The molecule has 0 atom stereocenters. The van der Waals surface area contributed by atoms with Crippen molar-refractivity contribution in [1.29, 1.82) is 0 Å². The molecule has 0 spiro atoms. The predicted molar refractivity (Wildman–Crippen MR) is 53.6 cm³/mol. The molecule has 0 aliphatic heterocycles. The van der Waals surface area contributed by atoms with E-state index in [0.29, 0.717) is 0 Å². The summed E-state index contributed by atoms with van der Waals surface area (Å²) in [5, 5.41) is 1.48. The molecule has 0 aliphatic carbocycles. The van der Waals surface area contributed by atoms with Gasteiger partial charge in [0.2, 0.25) is 0 Å². The molecule has 0 fully saturated rings. The molecule has 12 heavy (non-hydrogen) atoms. The van der Waals surface area contributed by atoms with E-state index in [-0.39, 0.29) is 17.1 Å². The van der Waals surface area contributed by atoms with Crippen LogP contribution in [0.5, 0.6) is 0 Å². The van der Waals surface area contributed by atoms with E-state index in [0.717, 1.165) is 0 Å². The Morgan fingerprint density at radius 2 is 1.42 bits per heavy atom. The zero-order valence-corrected chi connectivity index (χ0v) is 10.2. The molecule has 2 aromatic rings. The summed E-state index contributed by atoms with van der Waals surface area (Å²) in [7, 11) is 1.20. The maximum atomic E-state index is 2.15. The Bertz CT molecular complexity index is 228. The molecule has 0 aromatic heterocycles. The van der Waals surface area contributed by atoms with Gasteiger partial charge in [-0.05, 0) is 10.2 Å². The van der Waals surface area contributed by atoms with Crippen LogP contribution in [0.3, 0.4) is 0 Å². The van der Waals surface area contributed by atoms with Crippen LogP contribution in [0.1, 0.15) is 0 Å². The molecule has 2 aromatic carbocycles. The summed E-state index contributed by atoms with van der Waals surface area (Å²) in [6.45, 7) is 0. The van der Waals surface area contributed by atoms with Gasteiger partial charge in [-0.2, -0.15) is 35.5 Å². The first kappa shape index (κ1) is 11.4. The molecule has 2 rings (SSSR count). The molecule has 0 N–H and O–H groups in total. The van der Waals surface area contributed by atoms with Crippen LogP contribution in [0.15, 0.2) is 54.6 Å². The number of hydrogen-bond donors (Lipinski definition) is 0. The average Bonchev–Trinajstić information content (AvgIpc) is 2.57. The molecule has 0 nitrogen and oxygen atoms in total. The van der Waals surface area contributed by atoms with Crippen molar-refractivity contribution in [2.24, 2.45) is 0 Å². The molecule has 0 saturated carbocycles. The topological polar surface area (TPSA) is 0 Å². The second-order valence-corrected chi connectivity index (χ2v) is 3.58. The molecule has 0 bridgehead atoms. The van der Waals surface area contributed by atoms with Gasteiger partial charge in [0.1, 0.15) is 0 Å². The van der Waals surface area contributed by atoms with E-state index in [4.69, 9.17) is 0 Å². The third-order valence-corrected chi connectivity index (χ3v) is 2.05. The van der Waals surface area contributed by atoms with E-state index < -0.39 is 0 Å². The van der Waals surface area contributed by atoms with Crippen LogP contribution in [-0.2, 0) is 17.1 Å². The van der Waals surface area contributed by atoms with Crippen LogP contribution in [0.4, 0.5) is 0 Å². The maximum Gasteiger partial charge on any atom is 2.00 e. The zero-order chi connectivity index (χ0) is 7.94. The van der Waals surface area contributed by atoms with Crippen LogP contribution in [-0.4, -0.2) is 10.2 Å². The Kier molecular flexibility index (Phi) is 6.77. The van der Waals surface area contributed by atoms with Crippen molar-refractivity contribution in [2.45, 2.75) is 0 Å². The van der Waals surface area contributed by atoms with Gasteiger partial charge >= 0.3 is 17.1 Å². The summed E-state index contributed by atoms with van der Waals surface area (Å²) in [6.07, 6.45) is 0. The molecular formula is C10H12FeSi. The predicted octanol–water partition coefficient (Wildman–Crippen LogP) is 0.799. The summed E-state index contributed by atoms with van der Waals surface area (Å²) < 4.78 is 0. The Morgan fingerprint density at radius 3 is 1.58 bits per heavy atom. The van der Waals surface area contributed by atoms with Crippen molar-refractivity contribution in [1.82, 2.24) is 0 Å². The van der Waals surface area contributed by atoms with E-state index >= 15 is 0 Å². The molecule has 64 valence electrons. The van der Waals surface area contributed by atoms with Gasteiger partial charge in [-0.1, -0.05) is 0 Å². The van der Waals surface area contributed by atoms with Gasteiger partial charge in [0, 0.05) is 0 Å². The molecular weight excluding hydrogens is 204 g/mol. The fourth-order valence-corrected chi connectivity index (χ4v) is 1.18. The summed E-state index contributed by atoms with van der Waals surface area (Å²) >= 11 is 0. The van der Waals surface area contributed by atoms with Gasteiger partial charge in [-0.15, -0.1) is 0 Å². The Hall–Kier alpha value is -0.564. The van der Waals surface area contributed by atoms with E-state index in [1.165, 1.54) is 15.4 Å². The zero-order valence-electron chi connectivity index (χ0n) is 7.05. The standard InChI is InChI=1S/C5H7Si.C5H5.Fe/c6-5-3-1-2-4-5;1-2-4-5-3-1;/h1-4H,6H3;1-5H;/q2*-1;+2. The van der Waals surface area contributed by atoms with Gasteiger partial charge in [0.15, 0.2) is 0 Å². The van der Waals surface area contributed by atoms with Crippen LogP contribution in [0.2, 0.25) is 0 Å². The Labute approximate surface area is 87.2 Å². The summed E-state index contributed by atoms with van der Waals surface area (Å²) in [6, 6.07) is 18.4. The quantitative estimate of drug-likeness (QED) is 0.451. The van der Waals surface area contributed by atoms with Crippen molar-refractivity contribution in [3.05, 3.63) is 54.6 Å². The van der Waals surface area contributed by atoms with E-state index in [1.54, 1.807) is 0 Å². The fourth-order valence-electron chi connectivity index (χ4n) is 0.791.